The number of hydrogen-bond acceptors (Lipinski definition) is 6. The van der Waals surface area contributed by atoms with E-state index in [1.165, 1.54) is 25.7 Å². The molecule has 2 atom stereocenters. The molecular weight excluding hydrogens is 481 g/mol. The van der Waals surface area contributed by atoms with E-state index in [1.807, 2.05) is 0 Å². The van der Waals surface area contributed by atoms with Gasteiger partial charge in [-0.25, -0.2) is 0 Å². The number of unbranched alkanes of at least 4 members (excludes halogenated alkanes) is 2. The van der Waals surface area contributed by atoms with E-state index in [1.54, 1.807) is 0 Å². The van der Waals surface area contributed by atoms with Gasteiger partial charge in [0.25, 0.3) is 11.9 Å². The third-order valence-electron chi connectivity index (χ3n) is 4.28. The van der Waals surface area contributed by atoms with Gasteiger partial charge >= 0.3 is 27.3 Å². The third-order valence-corrected chi connectivity index (χ3v) is 4.75. The molecule has 0 saturated carbocycles. The summed E-state index contributed by atoms with van der Waals surface area (Å²) >= 11 is 9.15. The summed E-state index contributed by atoms with van der Waals surface area (Å²) in [4.78, 5) is 21.6. The van der Waals surface area contributed by atoms with E-state index in [-0.39, 0.29) is 50.7 Å². The van der Waals surface area contributed by atoms with Crippen LogP contribution < -0.4 is 0 Å². The van der Waals surface area contributed by atoms with Crippen LogP contribution in [0.15, 0.2) is 0 Å². The Morgan fingerprint density at radius 3 is 1.30 bits per heavy atom. The van der Waals surface area contributed by atoms with E-state index >= 15 is 0 Å². The number of esters is 2. The molecule has 27 heavy (non-hydrogen) atoms. The van der Waals surface area contributed by atoms with Gasteiger partial charge in [-0.15, -0.1) is 0 Å². The van der Waals surface area contributed by atoms with Gasteiger partial charge in [0, 0.05) is 0 Å². The Bertz CT molecular complexity index is 312. The monoisotopic (exact) mass is 520 g/mol. The summed E-state index contributed by atoms with van der Waals surface area (Å²) in [5.41, 5.74) is 0. The zero-order valence-corrected chi connectivity index (χ0v) is 23.5. The van der Waals surface area contributed by atoms with Crippen molar-refractivity contribution in [2.24, 2.45) is 11.8 Å². The minimum Gasteiger partial charge on any atom is -0.782 e. The number of ether oxygens (including phenoxy) is 2. The maximum atomic E-state index is 10.8. The van der Waals surface area contributed by atoms with Crippen molar-refractivity contribution in [1.82, 2.24) is 0 Å². The van der Waals surface area contributed by atoms with Crippen LogP contribution in [0.3, 0.4) is 0 Å². The minimum atomic E-state index is -0.259. The topological polar surface area (TPSA) is 52.6 Å². The standard InChI is InChI=1S/2C10H20O2S.Cd/c2*1-3-5-6-9(4-2)7-12-10(11)8-13;/h2*9,13H,3-8H2,1-2H3;/q;;+2/p-2. The van der Waals surface area contributed by atoms with Crippen molar-refractivity contribution in [3.8, 4) is 0 Å². The van der Waals surface area contributed by atoms with Gasteiger partial charge in [0.2, 0.25) is 0 Å². The second kappa shape index (κ2) is 24.6. The summed E-state index contributed by atoms with van der Waals surface area (Å²) < 4.78 is 10.00. The first kappa shape index (κ1) is 32.2. The summed E-state index contributed by atoms with van der Waals surface area (Å²) in [6.07, 6.45) is 9.27. The number of hydrogen-bond donors (Lipinski definition) is 0. The molecule has 0 aliphatic heterocycles. The third kappa shape index (κ3) is 22.7. The molecule has 4 nitrogen and oxygen atoms in total. The second-order valence-electron chi connectivity index (χ2n) is 6.49. The van der Waals surface area contributed by atoms with Crippen LogP contribution in [0.4, 0.5) is 0 Å². The van der Waals surface area contributed by atoms with Crippen LogP contribution >= 0.6 is 0 Å². The van der Waals surface area contributed by atoms with Crippen LogP contribution in [-0.2, 0) is 71.6 Å². The molecule has 0 aromatic heterocycles. The molecule has 0 aliphatic carbocycles. The van der Waals surface area contributed by atoms with Crippen molar-refractivity contribution in [3.63, 3.8) is 0 Å². The molecule has 0 rings (SSSR count). The molecule has 0 bridgehead atoms. The molecule has 0 heterocycles. The number of rotatable bonds is 14. The molecule has 0 saturated heterocycles. The quantitative estimate of drug-likeness (QED) is 0.190. The SMILES string of the molecule is CCCCC(CC)COC(=O)C[S-].CCCCC(CC)COC(=O)C[S-].[Cd+2]. The Balaban J connectivity index is -0.000000411. The van der Waals surface area contributed by atoms with Gasteiger partial charge < -0.3 is 34.7 Å². The molecule has 0 N–H and O–H groups in total. The van der Waals surface area contributed by atoms with Gasteiger partial charge in [-0.3, -0.25) is 9.59 Å². The van der Waals surface area contributed by atoms with Crippen LogP contribution in [0, 0.1) is 11.8 Å². The molecule has 0 aromatic rings. The fraction of sp³-hybridized carbons (Fsp3) is 0.900. The fourth-order valence-electron chi connectivity index (χ4n) is 2.30. The normalized spacial score (nSPS) is 12.1. The first-order valence-corrected chi connectivity index (χ1v) is 11.1. The molecule has 0 amide bonds. The van der Waals surface area contributed by atoms with Crippen LogP contribution in [0.25, 0.3) is 0 Å². The average molecular weight is 519 g/mol. The largest absolute Gasteiger partial charge is 2.00 e. The van der Waals surface area contributed by atoms with E-state index in [0.29, 0.717) is 25.0 Å². The van der Waals surface area contributed by atoms with Crippen LogP contribution in [0.1, 0.15) is 79.1 Å². The van der Waals surface area contributed by atoms with Gasteiger partial charge in [0.05, 0.1) is 13.2 Å². The summed E-state index contributed by atoms with van der Waals surface area (Å²) in [5, 5.41) is 0. The summed E-state index contributed by atoms with van der Waals surface area (Å²) in [5.74, 6) is 0.667. The van der Waals surface area contributed by atoms with Gasteiger partial charge in [-0.1, -0.05) is 77.7 Å². The molecule has 0 aromatic carbocycles. The van der Waals surface area contributed by atoms with E-state index in [9.17, 15) is 9.59 Å². The van der Waals surface area contributed by atoms with E-state index in [4.69, 9.17) is 9.47 Å². The molecule has 0 spiro atoms. The van der Waals surface area contributed by atoms with Crippen molar-refractivity contribution >= 4 is 37.2 Å². The summed E-state index contributed by atoms with van der Waals surface area (Å²) in [7, 11) is 0. The van der Waals surface area contributed by atoms with Gasteiger partial charge in [-0.05, 0) is 24.7 Å². The molecule has 0 radical (unpaired) electrons. The Labute approximate surface area is 198 Å². The predicted molar refractivity (Wildman–Crippen MR) is 113 cm³/mol. The van der Waals surface area contributed by atoms with Gasteiger partial charge in [0.1, 0.15) is 0 Å². The zero-order chi connectivity index (χ0) is 20.2. The first-order chi connectivity index (χ1) is 12.5. The Morgan fingerprint density at radius 2 is 1.07 bits per heavy atom. The maximum Gasteiger partial charge on any atom is 2.00 e. The number of carbonyl (C=O) groups excluding carboxylic acids is 2. The van der Waals surface area contributed by atoms with E-state index < -0.39 is 0 Å². The summed E-state index contributed by atoms with van der Waals surface area (Å²) in [6, 6.07) is 0. The molecule has 0 fully saturated rings. The average Bonchev–Trinajstić information content (AvgIpc) is 2.68. The van der Waals surface area contributed by atoms with E-state index in [2.05, 4.69) is 53.0 Å². The molecular formula is C20H38CdO4S2. The van der Waals surface area contributed by atoms with Crippen molar-refractivity contribution < 1.29 is 46.4 Å². The van der Waals surface area contributed by atoms with Crippen LogP contribution in [-0.4, -0.2) is 36.7 Å². The minimum absolute atomic E-state index is 0. The van der Waals surface area contributed by atoms with Crippen LogP contribution in [0.5, 0.6) is 0 Å². The predicted octanol–water partition coefficient (Wildman–Crippen LogP) is 4.58. The van der Waals surface area contributed by atoms with Gasteiger partial charge in [0.15, 0.2) is 0 Å². The van der Waals surface area contributed by atoms with E-state index in [0.717, 1.165) is 25.7 Å². The Morgan fingerprint density at radius 1 is 0.741 bits per heavy atom. The Hall–Kier alpha value is 0.562. The molecule has 2 unspecified atom stereocenters. The molecule has 0 aliphatic rings. The van der Waals surface area contributed by atoms with Crippen LogP contribution in [0.2, 0.25) is 0 Å². The number of carbonyl (C=O) groups is 2. The first-order valence-electron chi connectivity index (χ1n) is 9.96. The smallest absolute Gasteiger partial charge is 0.782 e. The maximum absolute atomic E-state index is 10.8. The fourth-order valence-corrected chi connectivity index (χ4v) is 2.47. The Kier molecular flexibility index (Phi) is 29.4. The zero-order valence-electron chi connectivity index (χ0n) is 17.8. The molecule has 7 heteroatoms. The summed E-state index contributed by atoms with van der Waals surface area (Å²) in [6.45, 7) is 9.69. The second-order valence-corrected chi connectivity index (χ2v) is 7.07. The van der Waals surface area contributed by atoms with Crippen molar-refractivity contribution in [1.29, 1.82) is 0 Å². The van der Waals surface area contributed by atoms with Gasteiger partial charge in [-0.2, -0.15) is 0 Å². The van der Waals surface area contributed by atoms with Crippen molar-refractivity contribution in [2.75, 3.05) is 24.7 Å². The van der Waals surface area contributed by atoms with Crippen molar-refractivity contribution in [2.45, 2.75) is 79.1 Å². The van der Waals surface area contributed by atoms with Crippen molar-refractivity contribution in [3.05, 3.63) is 0 Å². The molecule has 156 valence electrons.